The van der Waals surface area contributed by atoms with Gasteiger partial charge in [0.05, 0.1) is 11.2 Å². The minimum absolute atomic E-state index is 0. The van der Waals surface area contributed by atoms with E-state index in [1.807, 2.05) is 24.3 Å². The van der Waals surface area contributed by atoms with Crippen LogP contribution in [0.4, 0.5) is 10.6 Å². The lowest BCUT2D eigenvalue weighted by atomic mass is 10.0. The van der Waals surface area contributed by atoms with E-state index < -0.39 is 11.2 Å². The Morgan fingerprint density at radius 1 is 1.11 bits per heavy atom. The molecule has 12 heteroatoms. The minimum Gasteiger partial charge on any atom is -0.338 e. The summed E-state index contributed by atoms with van der Waals surface area (Å²) in [6.07, 6.45) is 2.52. The first-order valence-corrected chi connectivity index (χ1v) is 12.9. The monoisotopic (exact) mass is 546 g/mol. The lowest BCUT2D eigenvalue weighted by Gasteiger charge is -2.37. The van der Waals surface area contributed by atoms with Crippen LogP contribution in [-0.2, 0) is 11.2 Å². The summed E-state index contributed by atoms with van der Waals surface area (Å²) in [5.41, 5.74) is 6.38. The van der Waals surface area contributed by atoms with Crippen LogP contribution in [0.3, 0.4) is 0 Å². The van der Waals surface area contributed by atoms with Gasteiger partial charge in [-0.1, -0.05) is 12.1 Å². The van der Waals surface area contributed by atoms with Crippen LogP contribution in [0.15, 0.2) is 41.3 Å². The topological polar surface area (TPSA) is 138 Å². The van der Waals surface area contributed by atoms with Gasteiger partial charge in [0.2, 0.25) is 5.91 Å². The van der Waals surface area contributed by atoms with Gasteiger partial charge >= 0.3 is 11.7 Å². The largest absolute Gasteiger partial charge is 0.354 e. The van der Waals surface area contributed by atoms with E-state index in [0.717, 1.165) is 32.0 Å². The Balaban J connectivity index is 0.00000400. The third-order valence-electron chi connectivity index (χ3n) is 6.82. The van der Waals surface area contributed by atoms with E-state index >= 15 is 0 Å². The average Bonchev–Trinajstić information content (AvgIpc) is 2.83. The molecule has 0 saturated carbocycles. The molecule has 2 aliphatic heterocycles. The highest BCUT2D eigenvalue weighted by atomic mass is 35.5. The molecule has 0 spiro atoms. The van der Waals surface area contributed by atoms with Gasteiger partial charge in [0.15, 0.2) is 0 Å². The Labute approximate surface area is 229 Å². The summed E-state index contributed by atoms with van der Waals surface area (Å²) in [6.45, 7) is 10.3. The minimum atomic E-state index is -0.943. The number of rotatable bonds is 8. The summed E-state index contributed by atoms with van der Waals surface area (Å²) >= 11 is 0. The van der Waals surface area contributed by atoms with Crippen molar-refractivity contribution in [1.29, 1.82) is 0 Å². The SMILES string of the molecule is CC(Cc1ccc(-n2ccc(NC(=O)N3CCN(C(=O)C(C)(C)N)CC3)nc2=O)cc1)NCC1CNC1.Cl. The summed E-state index contributed by atoms with van der Waals surface area (Å²) in [6, 6.07) is 9.48. The third kappa shape index (κ3) is 7.53. The lowest BCUT2D eigenvalue weighted by molar-refractivity contribution is -0.137. The first-order valence-electron chi connectivity index (χ1n) is 12.9. The van der Waals surface area contributed by atoms with Gasteiger partial charge < -0.3 is 26.2 Å². The van der Waals surface area contributed by atoms with E-state index in [1.54, 1.807) is 35.9 Å². The molecular weight excluding hydrogens is 508 g/mol. The van der Waals surface area contributed by atoms with Crippen LogP contribution in [0.2, 0.25) is 0 Å². The highest BCUT2D eigenvalue weighted by molar-refractivity contribution is 5.89. The van der Waals surface area contributed by atoms with Crippen LogP contribution >= 0.6 is 12.4 Å². The molecule has 3 heterocycles. The van der Waals surface area contributed by atoms with Crippen molar-refractivity contribution in [1.82, 2.24) is 30.0 Å². The van der Waals surface area contributed by atoms with Gasteiger partial charge in [-0.25, -0.2) is 9.59 Å². The number of hydrogen-bond donors (Lipinski definition) is 4. The fourth-order valence-corrected chi connectivity index (χ4v) is 4.46. The van der Waals surface area contributed by atoms with Crippen LogP contribution < -0.4 is 27.4 Å². The van der Waals surface area contributed by atoms with Crippen molar-refractivity contribution in [3.63, 3.8) is 0 Å². The zero-order chi connectivity index (χ0) is 26.6. The number of carbonyl (C=O) groups excluding carboxylic acids is 2. The molecule has 0 radical (unpaired) electrons. The fourth-order valence-electron chi connectivity index (χ4n) is 4.46. The van der Waals surface area contributed by atoms with Crippen molar-refractivity contribution in [2.75, 3.05) is 51.1 Å². The van der Waals surface area contributed by atoms with Crippen LogP contribution in [0.25, 0.3) is 5.69 Å². The predicted octanol–water partition coefficient (Wildman–Crippen LogP) is 0.808. The van der Waals surface area contributed by atoms with Crippen molar-refractivity contribution < 1.29 is 9.59 Å². The van der Waals surface area contributed by atoms with E-state index in [1.165, 1.54) is 10.1 Å². The Kier molecular flexibility index (Phi) is 9.88. The van der Waals surface area contributed by atoms with Gasteiger partial charge in [0.1, 0.15) is 5.82 Å². The molecule has 3 amide bonds. The predicted molar refractivity (Wildman–Crippen MR) is 150 cm³/mol. The molecule has 2 fully saturated rings. The smallest absolute Gasteiger partial charge is 0.338 e. The van der Waals surface area contributed by atoms with Crippen molar-refractivity contribution in [3.05, 3.63) is 52.6 Å². The normalized spacial score (nSPS) is 16.8. The molecule has 5 N–H and O–H groups in total. The standard InChI is InChI=1S/C26H38N8O3.ClH/c1-18(29-17-20-15-28-16-20)14-19-4-6-21(7-5-19)34-9-8-22(31-25(34)37)30-24(36)33-12-10-32(11-13-33)23(35)26(2,3)27;/h4-9,18,20,28-29H,10-17,27H2,1-3H3,(H,30,31,36,37);1H. The van der Waals surface area contributed by atoms with Gasteiger partial charge in [0.25, 0.3) is 0 Å². The number of amides is 3. The molecular formula is C26H39ClN8O3. The maximum Gasteiger partial charge on any atom is 0.354 e. The Bertz CT molecular complexity index is 1150. The molecule has 2 aromatic rings. The number of piperazine rings is 1. The molecule has 0 aliphatic carbocycles. The number of hydrogen-bond acceptors (Lipinski definition) is 7. The second kappa shape index (κ2) is 12.7. The lowest BCUT2D eigenvalue weighted by Crippen LogP contribution is -2.58. The van der Waals surface area contributed by atoms with E-state index in [0.29, 0.717) is 37.9 Å². The van der Waals surface area contributed by atoms with Crippen LogP contribution in [0, 0.1) is 5.92 Å². The van der Waals surface area contributed by atoms with Crippen molar-refractivity contribution >= 4 is 30.2 Å². The summed E-state index contributed by atoms with van der Waals surface area (Å²) in [5.74, 6) is 0.770. The number of anilines is 1. The molecule has 11 nitrogen and oxygen atoms in total. The second-order valence-electron chi connectivity index (χ2n) is 10.6. The zero-order valence-electron chi connectivity index (χ0n) is 22.3. The van der Waals surface area contributed by atoms with Gasteiger partial charge in [-0.15, -0.1) is 12.4 Å². The van der Waals surface area contributed by atoms with Gasteiger partial charge in [-0.05, 0) is 56.9 Å². The first-order chi connectivity index (χ1) is 17.6. The van der Waals surface area contributed by atoms with E-state index in [-0.39, 0.29) is 30.2 Å². The van der Waals surface area contributed by atoms with Crippen molar-refractivity contribution in [3.8, 4) is 5.69 Å². The number of carbonyl (C=O) groups is 2. The number of benzene rings is 1. The van der Waals surface area contributed by atoms with E-state index in [4.69, 9.17) is 5.73 Å². The van der Waals surface area contributed by atoms with Crippen LogP contribution in [0.1, 0.15) is 26.3 Å². The molecule has 2 aliphatic rings. The highest BCUT2D eigenvalue weighted by Gasteiger charge is 2.31. The number of aromatic nitrogens is 2. The Morgan fingerprint density at radius 3 is 2.29 bits per heavy atom. The molecule has 1 aromatic carbocycles. The summed E-state index contributed by atoms with van der Waals surface area (Å²) < 4.78 is 1.45. The second-order valence-corrected chi connectivity index (χ2v) is 10.6. The zero-order valence-corrected chi connectivity index (χ0v) is 23.1. The quantitative estimate of drug-likeness (QED) is 0.384. The molecule has 1 atom stereocenters. The summed E-state index contributed by atoms with van der Waals surface area (Å²) in [5, 5.41) is 9.56. The van der Waals surface area contributed by atoms with Gasteiger partial charge in [0, 0.05) is 58.1 Å². The maximum atomic E-state index is 12.7. The van der Waals surface area contributed by atoms with Gasteiger partial charge in [-0.2, -0.15) is 4.98 Å². The van der Waals surface area contributed by atoms with Crippen molar-refractivity contribution in [2.24, 2.45) is 11.7 Å². The average molecular weight is 547 g/mol. The van der Waals surface area contributed by atoms with E-state index in [9.17, 15) is 14.4 Å². The molecule has 0 bridgehead atoms. The maximum absolute atomic E-state index is 12.7. The number of urea groups is 1. The number of nitrogens with zero attached hydrogens (tertiary/aromatic N) is 4. The fraction of sp³-hybridized carbons (Fsp3) is 0.538. The van der Waals surface area contributed by atoms with Gasteiger partial charge in [-0.3, -0.25) is 14.7 Å². The summed E-state index contributed by atoms with van der Waals surface area (Å²) in [7, 11) is 0. The molecule has 38 heavy (non-hydrogen) atoms. The third-order valence-corrected chi connectivity index (χ3v) is 6.82. The first kappa shape index (κ1) is 29.6. The van der Waals surface area contributed by atoms with Crippen LogP contribution in [-0.4, -0.2) is 88.7 Å². The van der Waals surface area contributed by atoms with E-state index in [2.05, 4.69) is 27.9 Å². The van der Waals surface area contributed by atoms with Crippen LogP contribution in [0.5, 0.6) is 0 Å². The van der Waals surface area contributed by atoms with Crippen molar-refractivity contribution in [2.45, 2.75) is 38.8 Å². The molecule has 4 rings (SSSR count). The number of halogens is 1. The molecule has 2 saturated heterocycles. The molecule has 1 unspecified atom stereocenters. The highest BCUT2D eigenvalue weighted by Crippen LogP contribution is 2.13. The molecule has 208 valence electrons. The number of nitrogens with two attached hydrogens (primary N) is 1. The molecule has 1 aromatic heterocycles. The summed E-state index contributed by atoms with van der Waals surface area (Å²) in [4.78, 5) is 45.0. The Morgan fingerprint density at radius 2 is 1.74 bits per heavy atom. The number of nitrogens with one attached hydrogen (secondary N) is 3. The Hall–Kier alpha value is -2.99.